The monoisotopic (exact) mass is 311 g/mol. The summed E-state index contributed by atoms with van der Waals surface area (Å²) in [6.07, 6.45) is 0. The fraction of sp³-hybridized carbons (Fsp3) is 0.273. The van der Waals surface area contributed by atoms with Crippen molar-refractivity contribution >= 4 is 40.7 Å². The van der Waals surface area contributed by atoms with Gasteiger partial charge >= 0.3 is 5.97 Å². The second-order valence-electron chi connectivity index (χ2n) is 3.65. The molecule has 0 saturated heterocycles. The minimum absolute atomic E-state index is 0.325. The molecule has 0 aliphatic rings. The summed E-state index contributed by atoms with van der Waals surface area (Å²) in [4.78, 5) is 23.8. The van der Waals surface area contributed by atoms with Crippen LogP contribution in [0, 0.1) is 0 Å². The maximum atomic E-state index is 11.5. The molecule has 2 aromatic rings. The van der Waals surface area contributed by atoms with Crippen LogP contribution in [0.15, 0.2) is 16.6 Å². The maximum Gasteiger partial charge on any atom is 0.367 e. The molecule has 2 aromatic heterocycles. The van der Waals surface area contributed by atoms with Gasteiger partial charge in [0.05, 0.1) is 12.3 Å². The predicted molar refractivity (Wildman–Crippen MR) is 78.5 cm³/mol. The molecule has 0 spiro atoms. The Morgan fingerprint density at radius 1 is 1.35 bits per heavy atom. The van der Waals surface area contributed by atoms with Gasteiger partial charge in [-0.25, -0.2) is 19.7 Å². The molecule has 0 bridgehead atoms. The van der Waals surface area contributed by atoms with E-state index in [4.69, 9.17) is 16.2 Å². The number of hydrogen-bond donors (Lipinski definition) is 2. The summed E-state index contributed by atoms with van der Waals surface area (Å²) >= 11 is 2.60. The highest BCUT2D eigenvalue weighted by Crippen LogP contribution is 2.22. The molecule has 0 atom stereocenters. The number of ether oxygens (including phenoxy) is 1. The highest BCUT2D eigenvalue weighted by molar-refractivity contribution is 7.98. The SMILES string of the molecule is CCOC(=O)c1nc(CSc2nc(N)cc(N)n2)cs1. The molecule has 0 saturated carbocycles. The van der Waals surface area contributed by atoms with Gasteiger partial charge in [-0.2, -0.15) is 0 Å². The molecule has 7 nitrogen and oxygen atoms in total. The van der Waals surface area contributed by atoms with Crippen LogP contribution in [0.25, 0.3) is 0 Å². The summed E-state index contributed by atoms with van der Waals surface area (Å²) in [6.45, 7) is 2.09. The van der Waals surface area contributed by atoms with E-state index in [0.717, 1.165) is 5.69 Å². The Hall–Kier alpha value is -1.87. The van der Waals surface area contributed by atoms with Crippen molar-refractivity contribution in [2.24, 2.45) is 0 Å². The first-order valence-corrected chi connectivity index (χ1v) is 7.59. The minimum Gasteiger partial charge on any atom is -0.461 e. The number of esters is 1. The second kappa shape index (κ2) is 6.53. The summed E-state index contributed by atoms with van der Waals surface area (Å²) in [6, 6.07) is 1.49. The van der Waals surface area contributed by atoms with E-state index in [2.05, 4.69) is 15.0 Å². The molecule has 2 heterocycles. The van der Waals surface area contributed by atoms with Crippen molar-refractivity contribution in [2.75, 3.05) is 18.1 Å². The number of nitrogens with zero attached hydrogens (tertiary/aromatic N) is 3. The van der Waals surface area contributed by atoms with Gasteiger partial charge in [-0.3, -0.25) is 0 Å². The van der Waals surface area contributed by atoms with Crippen LogP contribution >= 0.6 is 23.1 Å². The zero-order valence-electron chi connectivity index (χ0n) is 10.7. The lowest BCUT2D eigenvalue weighted by Crippen LogP contribution is -2.04. The van der Waals surface area contributed by atoms with Crippen molar-refractivity contribution in [3.63, 3.8) is 0 Å². The first-order chi connectivity index (χ1) is 9.58. The van der Waals surface area contributed by atoms with E-state index in [1.165, 1.54) is 29.2 Å². The van der Waals surface area contributed by atoms with Gasteiger partial charge in [0, 0.05) is 17.2 Å². The molecule has 0 unspecified atom stereocenters. The number of aromatic nitrogens is 3. The number of hydrogen-bond acceptors (Lipinski definition) is 9. The number of rotatable bonds is 5. The summed E-state index contributed by atoms with van der Waals surface area (Å²) in [5.41, 5.74) is 11.9. The standard InChI is InChI=1S/C11H13N5O2S2/c1-2-18-10(17)9-14-6(4-19-9)5-20-11-15-7(12)3-8(13)16-11/h3-4H,2,5H2,1H3,(H4,12,13,15,16). The number of thioether (sulfide) groups is 1. The molecule has 106 valence electrons. The van der Waals surface area contributed by atoms with Gasteiger partial charge in [0.2, 0.25) is 5.01 Å². The van der Waals surface area contributed by atoms with Gasteiger partial charge in [0.15, 0.2) is 5.16 Å². The summed E-state index contributed by atoms with van der Waals surface area (Å²) in [5, 5.41) is 2.62. The Bertz CT molecular complexity index is 596. The molecule has 20 heavy (non-hydrogen) atoms. The van der Waals surface area contributed by atoms with E-state index in [9.17, 15) is 4.79 Å². The van der Waals surface area contributed by atoms with Crippen molar-refractivity contribution in [3.8, 4) is 0 Å². The molecule has 2 rings (SSSR count). The molecule has 0 aromatic carbocycles. The smallest absolute Gasteiger partial charge is 0.367 e. The van der Waals surface area contributed by atoms with E-state index >= 15 is 0 Å². The fourth-order valence-electron chi connectivity index (χ4n) is 1.32. The van der Waals surface area contributed by atoms with Crippen LogP contribution in [0.3, 0.4) is 0 Å². The van der Waals surface area contributed by atoms with Gasteiger partial charge < -0.3 is 16.2 Å². The van der Waals surface area contributed by atoms with Crippen LogP contribution in [0.1, 0.15) is 22.4 Å². The summed E-state index contributed by atoms with van der Waals surface area (Å²) < 4.78 is 4.88. The van der Waals surface area contributed by atoms with Crippen molar-refractivity contribution in [2.45, 2.75) is 17.8 Å². The van der Waals surface area contributed by atoms with E-state index in [-0.39, 0.29) is 0 Å². The lowest BCUT2D eigenvalue weighted by Gasteiger charge is -2.01. The fourth-order valence-corrected chi connectivity index (χ4v) is 2.90. The van der Waals surface area contributed by atoms with E-state index in [1.807, 2.05) is 0 Å². The van der Waals surface area contributed by atoms with Gasteiger partial charge in [-0.05, 0) is 6.92 Å². The zero-order valence-corrected chi connectivity index (χ0v) is 12.3. The van der Waals surface area contributed by atoms with E-state index < -0.39 is 5.97 Å². The van der Waals surface area contributed by atoms with Gasteiger partial charge in [-0.15, -0.1) is 11.3 Å². The average molecular weight is 311 g/mol. The Labute approximate surface area is 123 Å². The Morgan fingerprint density at radius 3 is 2.70 bits per heavy atom. The predicted octanol–water partition coefficient (Wildman–Crippen LogP) is 1.57. The zero-order chi connectivity index (χ0) is 14.5. The van der Waals surface area contributed by atoms with Crippen molar-refractivity contribution in [1.82, 2.24) is 15.0 Å². The van der Waals surface area contributed by atoms with Gasteiger partial charge in [0.1, 0.15) is 11.6 Å². The normalized spacial score (nSPS) is 10.4. The Morgan fingerprint density at radius 2 is 2.05 bits per heavy atom. The molecular weight excluding hydrogens is 298 g/mol. The van der Waals surface area contributed by atoms with Crippen LogP contribution in [0.4, 0.5) is 11.6 Å². The first kappa shape index (κ1) is 14.5. The third-order valence-corrected chi connectivity index (χ3v) is 3.85. The molecule has 0 aliphatic carbocycles. The molecule has 0 amide bonds. The lowest BCUT2D eigenvalue weighted by atomic mass is 10.5. The second-order valence-corrected chi connectivity index (χ2v) is 5.45. The number of anilines is 2. The van der Waals surface area contributed by atoms with Crippen LogP contribution in [-0.2, 0) is 10.5 Å². The average Bonchev–Trinajstić information content (AvgIpc) is 2.84. The van der Waals surface area contributed by atoms with Crippen LogP contribution in [0.2, 0.25) is 0 Å². The first-order valence-electron chi connectivity index (χ1n) is 5.73. The van der Waals surface area contributed by atoms with Gasteiger partial charge in [0.25, 0.3) is 0 Å². The lowest BCUT2D eigenvalue weighted by molar-refractivity contribution is 0.0525. The number of carbonyl (C=O) groups excluding carboxylic acids is 1. The van der Waals surface area contributed by atoms with Crippen molar-refractivity contribution in [3.05, 3.63) is 22.1 Å². The van der Waals surface area contributed by atoms with Crippen LogP contribution in [-0.4, -0.2) is 27.5 Å². The molecule has 4 N–H and O–H groups in total. The molecule has 0 radical (unpaired) electrons. The van der Waals surface area contributed by atoms with Crippen molar-refractivity contribution in [1.29, 1.82) is 0 Å². The maximum absolute atomic E-state index is 11.5. The quantitative estimate of drug-likeness (QED) is 0.485. The highest BCUT2D eigenvalue weighted by atomic mass is 32.2. The molecule has 0 fully saturated rings. The van der Waals surface area contributed by atoms with Crippen LogP contribution < -0.4 is 11.5 Å². The van der Waals surface area contributed by atoms with E-state index in [0.29, 0.717) is 34.2 Å². The van der Waals surface area contributed by atoms with Crippen molar-refractivity contribution < 1.29 is 9.53 Å². The minimum atomic E-state index is -0.404. The third-order valence-electron chi connectivity index (χ3n) is 2.10. The topological polar surface area (TPSA) is 117 Å². The van der Waals surface area contributed by atoms with Gasteiger partial charge in [-0.1, -0.05) is 11.8 Å². The third kappa shape index (κ3) is 3.81. The number of thiazole rings is 1. The largest absolute Gasteiger partial charge is 0.461 e. The Kier molecular flexibility index (Phi) is 4.74. The summed E-state index contributed by atoms with van der Waals surface area (Å²) in [5.74, 6) is 0.771. The van der Waals surface area contributed by atoms with Crippen LogP contribution in [0.5, 0.6) is 0 Å². The molecular formula is C11H13N5O2S2. The number of carbonyl (C=O) groups is 1. The summed E-state index contributed by atoms with van der Waals surface area (Å²) in [7, 11) is 0. The van der Waals surface area contributed by atoms with E-state index in [1.54, 1.807) is 12.3 Å². The molecule has 0 aliphatic heterocycles. The molecule has 9 heteroatoms. The number of nitrogens with two attached hydrogens (primary N) is 2. The Balaban J connectivity index is 1.99. The highest BCUT2D eigenvalue weighted by Gasteiger charge is 2.12. The number of nitrogen functional groups attached to an aromatic ring is 2.